The summed E-state index contributed by atoms with van der Waals surface area (Å²) in [7, 11) is 1.72. The number of carboxylic acid groups (broad SMARTS) is 1. The number of hydrogen-bond acceptors (Lipinski definition) is 3. The minimum absolute atomic E-state index is 0.0884. The summed E-state index contributed by atoms with van der Waals surface area (Å²) in [6.45, 7) is 2.07. The molecule has 1 heterocycles. The van der Waals surface area contributed by atoms with Crippen LogP contribution in [0.2, 0.25) is 0 Å². The van der Waals surface area contributed by atoms with Crippen molar-refractivity contribution in [2.45, 2.75) is 56.6 Å². The normalized spacial score (nSPS) is 35.0. The summed E-state index contributed by atoms with van der Waals surface area (Å²) >= 11 is 0. The van der Waals surface area contributed by atoms with Crippen molar-refractivity contribution in [3.63, 3.8) is 0 Å². The molecular formula is C13H23NO3. The Hall–Kier alpha value is -0.610. The van der Waals surface area contributed by atoms with Crippen LogP contribution in [-0.2, 0) is 9.53 Å². The first kappa shape index (κ1) is 12.8. The van der Waals surface area contributed by atoms with Crippen LogP contribution in [0.25, 0.3) is 0 Å². The molecule has 0 bridgehead atoms. The summed E-state index contributed by atoms with van der Waals surface area (Å²) < 4.78 is 5.62. The molecule has 98 valence electrons. The topological polar surface area (TPSA) is 49.8 Å². The monoisotopic (exact) mass is 241 g/mol. The van der Waals surface area contributed by atoms with Crippen molar-refractivity contribution in [2.75, 3.05) is 20.2 Å². The maximum Gasteiger partial charge on any atom is 0.305 e. The molecule has 0 radical (unpaired) electrons. The van der Waals surface area contributed by atoms with Crippen molar-refractivity contribution in [1.29, 1.82) is 0 Å². The number of likely N-dealkylation sites (tertiary alicyclic amines) is 1. The van der Waals surface area contributed by atoms with E-state index in [4.69, 9.17) is 4.74 Å². The van der Waals surface area contributed by atoms with Gasteiger partial charge in [0.25, 0.3) is 0 Å². The molecule has 0 aromatic heterocycles. The Bertz CT molecular complexity index is 272. The first-order valence-electron chi connectivity index (χ1n) is 6.69. The van der Waals surface area contributed by atoms with Gasteiger partial charge in [-0.05, 0) is 38.8 Å². The average molecular weight is 241 g/mol. The first-order chi connectivity index (χ1) is 8.19. The van der Waals surface area contributed by atoms with E-state index in [1.54, 1.807) is 7.11 Å². The summed E-state index contributed by atoms with van der Waals surface area (Å²) in [4.78, 5) is 13.6. The van der Waals surface area contributed by atoms with Gasteiger partial charge in [0.15, 0.2) is 0 Å². The predicted molar refractivity (Wildman–Crippen MR) is 65.1 cm³/mol. The Morgan fingerprint density at radius 2 is 2.06 bits per heavy atom. The third-order valence-electron chi connectivity index (χ3n) is 4.40. The fourth-order valence-corrected chi connectivity index (χ4v) is 3.63. The third kappa shape index (κ3) is 2.47. The van der Waals surface area contributed by atoms with E-state index in [9.17, 15) is 9.90 Å². The van der Waals surface area contributed by atoms with Crippen LogP contribution in [0.3, 0.4) is 0 Å². The molecule has 2 aliphatic rings. The Morgan fingerprint density at radius 1 is 1.35 bits per heavy atom. The minimum atomic E-state index is -0.694. The zero-order valence-electron chi connectivity index (χ0n) is 10.7. The van der Waals surface area contributed by atoms with Crippen molar-refractivity contribution in [1.82, 2.24) is 4.90 Å². The van der Waals surface area contributed by atoms with E-state index in [1.807, 2.05) is 0 Å². The molecule has 0 amide bonds. The molecule has 1 aliphatic carbocycles. The van der Waals surface area contributed by atoms with E-state index in [0.29, 0.717) is 0 Å². The second-order valence-electron chi connectivity index (χ2n) is 5.34. The van der Waals surface area contributed by atoms with Crippen molar-refractivity contribution in [2.24, 2.45) is 0 Å². The van der Waals surface area contributed by atoms with Gasteiger partial charge in [-0.25, -0.2) is 0 Å². The Kier molecular flexibility index (Phi) is 4.05. The quantitative estimate of drug-likeness (QED) is 0.816. The Morgan fingerprint density at radius 3 is 2.65 bits per heavy atom. The fourth-order valence-electron chi connectivity index (χ4n) is 3.63. The molecule has 2 rings (SSSR count). The standard InChI is InChI=1S/C13H23NO3/c1-17-11-6-2-3-7-13(11,10-12(15)16)14-8-4-5-9-14/h11H,2-10H2,1H3,(H,15,16). The second-order valence-corrected chi connectivity index (χ2v) is 5.34. The number of rotatable bonds is 4. The van der Waals surface area contributed by atoms with Crippen LogP contribution in [0.5, 0.6) is 0 Å². The lowest BCUT2D eigenvalue weighted by atomic mass is 9.75. The highest BCUT2D eigenvalue weighted by Crippen LogP contribution is 2.40. The number of nitrogens with zero attached hydrogens (tertiary/aromatic N) is 1. The molecule has 17 heavy (non-hydrogen) atoms. The van der Waals surface area contributed by atoms with Crippen molar-refractivity contribution in [3.05, 3.63) is 0 Å². The molecule has 2 atom stereocenters. The summed E-state index contributed by atoms with van der Waals surface area (Å²) in [6.07, 6.45) is 6.96. The van der Waals surface area contributed by atoms with E-state index in [-0.39, 0.29) is 18.1 Å². The SMILES string of the molecule is COC1CCCCC1(CC(=O)O)N1CCCC1. The number of methoxy groups -OCH3 is 1. The zero-order valence-corrected chi connectivity index (χ0v) is 10.7. The second kappa shape index (κ2) is 5.36. The van der Waals surface area contributed by atoms with Crippen LogP contribution in [0.4, 0.5) is 0 Å². The van der Waals surface area contributed by atoms with Crippen LogP contribution in [0.1, 0.15) is 44.9 Å². The highest BCUT2D eigenvalue weighted by atomic mass is 16.5. The molecule has 0 aromatic carbocycles. The lowest BCUT2D eigenvalue weighted by Gasteiger charge is -2.48. The van der Waals surface area contributed by atoms with Gasteiger partial charge in [0.1, 0.15) is 0 Å². The van der Waals surface area contributed by atoms with E-state index in [0.717, 1.165) is 38.8 Å². The molecule has 1 saturated heterocycles. The molecule has 0 aromatic rings. The summed E-state index contributed by atoms with van der Waals surface area (Å²) in [5.41, 5.74) is -0.241. The molecule has 1 N–H and O–H groups in total. The van der Waals surface area contributed by atoms with E-state index in [2.05, 4.69) is 4.90 Å². The lowest BCUT2D eigenvalue weighted by molar-refractivity contribution is -0.147. The largest absolute Gasteiger partial charge is 0.481 e. The van der Waals surface area contributed by atoms with E-state index in [1.165, 1.54) is 12.8 Å². The molecule has 1 aliphatic heterocycles. The Balaban J connectivity index is 2.22. The summed E-state index contributed by atoms with van der Waals surface area (Å²) in [5, 5.41) is 9.22. The number of aliphatic carboxylic acids is 1. The first-order valence-corrected chi connectivity index (χ1v) is 6.69. The predicted octanol–water partition coefficient (Wildman–Crippen LogP) is 1.88. The van der Waals surface area contributed by atoms with Gasteiger partial charge in [0, 0.05) is 7.11 Å². The third-order valence-corrected chi connectivity index (χ3v) is 4.40. The smallest absolute Gasteiger partial charge is 0.305 e. The fraction of sp³-hybridized carbons (Fsp3) is 0.923. The zero-order chi connectivity index (χ0) is 12.3. The number of ether oxygens (including phenoxy) is 1. The van der Waals surface area contributed by atoms with Gasteiger partial charge in [0.05, 0.1) is 18.1 Å². The van der Waals surface area contributed by atoms with Crippen molar-refractivity contribution in [3.8, 4) is 0 Å². The van der Waals surface area contributed by atoms with E-state index >= 15 is 0 Å². The molecule has 2 fully saturated rings. The maximum atomic E-state index is 11.2. The lowest BCUT2D eigenvalue weighted by Crippen LogP contribution is -2.59. The number of carboxylic acids is 1. The van der Waals surface area contributed by atoms with Gasteiger partial charge in [-0.15, -0.1) is 0 Å². The molecule has 0 spiro atoms. The van der Waals surface area contributed by atoms with Crippen molar-refractivity contribution < 1.29 is 14.6 Å². The average Bonchev–Trinajstić information content (AvgIpc) is 2.82. The van der Waals surface area contributed by atoms with Gasteiger partial charge < -0.3 is 9.84 Å². The van der Waals surface area contributed by atoms with Crippen LogP contribution in [0, 0.1) is 0 Å². The van der Waals surface area contributed by atoms with Crippen LogP contribution in [-0.4, -0.2) is 47.8 Å². The number of carbonyl (C=O) groups is 1. The highest BCUT2D eigenvalue weighted by Gasteiger charge is 2.47. The summed E-state index contributed by atoms with van der Waals surface area (Å²) in [5.74, 6) is -0.694. The van der Waals surface area contributed by atoms with Gasteiger partial charge in [-0.1, -0.05) is 12.8 Å². The molecule has 4 nitrogen and oxygen atoms in total. The van der Waals surface area contributed by atoms with Gasteiger partial charge >= 0.3 is 5.97 Å². The molecule has 2 unspecified atom stereocenters. The molecule has 4 heteroatoms. The van der Waals surface area contributed by atoms with Gasteiger partial charge in [-0.3, -0.25) is 9.69 Å². The van der Waals surface area contributed by atoms with Gasteiger partial charge in [-0.2, -0.15) is 0 Å². The highest BCUT2D eigenvalue weighted by molar-refractivity contribution is 5.68. The van der Waals surface area contributed by atoms with Crippen LogP contribution >= 0.6 is 0 Å². The Labute approximate surface area is 103 Å². The maximum absolute atomic E-state index is 11.2. The van der Waals surface area contributed by atoms with Crippen LogP contribution < -0.4 is 0 Å². The molecule has 1 saturated carbocycles. The number of hydrogen-bond donors (Lipinski definition) is 1. The van der Waals surface area contributed by atoms with Crippen molar-refractivity contribution >= 4 is 5.97 Å². The van der Waals surface area contributed by atoms with Crippen LogP contribution in [0.15, 0.2) is 0 Å². The van der Waals surface area contributed by atoms with Gasteiger partial charge in [0.2, 0.25) is 0 Å². The molecular weight excluding hydrogens is 218 g/mol. The summed E-state index contributed by atoms with van der Waals surface area (Å²) in [6, 6.07) is 0. The van der Waals surface area contributed by atoms with E-state index < -0.39 is 5.97 Å². The minimum Gasteiger partial charge on any atom is -0.481 e.